The molecule has 0 fully saturated rings. The number of pyridine rings is 2. The van der Waals surface area contributed by atoms with E-state index in [0.29, 0.717) is 20.3 Å². The van der Waals surface area contributed by atoms with Crippen LogP contribution in [0.1, 0.15) is 10.4 Å². The zero-order valence-corrected chi connectivity index (χ0v) is 11.4. The van der Waals surface area contributed by atoms with Gasteiger partial charge in [0.25, 0.3) is 0 Å². The molecule has 0 aliphatic carbocycles. The summed E-state index contributed by atoms with van der Waals surface area (Å²) in [5, 5.41) is 0.770. The standard InChI is InChI=1S/C10H6Br2N2O2/c1-16-10(15)6-4-13-9-5(8(6)12)2-3-7(11)14-9/h2-4H,1H3. The molecule has 2 aromatic rings. The second kappa shape index (κ2) is 4.47. The Bertz CT molecular complexity index is 572. The Labute approximate surface area is 108 Å². The van der Waals surface area contributed by atoms with E-state index in [9.17, 15) is 4.79 Å². The topological polar surface area (TPSA) is 52.1 Å². The van der Waals surface area contributed by atoms with E-state index in [1.807, 2.05) is 6.07 Å². The third kappa shape index (κ3) is 1.94. The molecule has 0 aromatic carbocycles. The predicted octanol–water partition coefficient (Wildman–Crippen LogP) is 2.94. The van der Waals surface area contributed by atoms with Gasteiger partial charge in [0.05, 0.1) is 12.7 Å². The van der Waals surface area contributed by atoms with E-state index in [4.69, 9.17) is 0 Å². The lowest BCUT2D eigenvalue weighted by Gasteiger charge is -2.05. The molecule has 2 aromatic heterocycles. The summed E-state index contributed by atoms with van der Waals surface area (Å²) in [5.41, 5.74) is 0.952. The SMILES string of the molecule is COC(=O)c1cnc2nc(Br)ccc2c1Br. The first kappa shape index (κ1) is 11.5. The molecule has 2 heterocycles. The molecular formula is C10H6Br2N2O2. The van der Waals surface area contributed by atoms with Crippen LogP contribution in [0.5, 0.6) is 0 Å². The van der Waals surface area contributed by atoms with Gasteiger partial charge >= 0.3 is 5.97 Å². The fraction of sp³-hybridized carbons (Fsp3) is 0.100. The molecule has 2 rings (SSSR count). The van der Waals surface area contributed by atoms with Crippen LogP contribution in [0.15, 0.2) is 27.4 Å². The maximum absolute atomic E-state index is 11.4. The number of hydrogen-bond acceptors (Lipinski definition) is 4. The third-order valence-corrected chi connectivity index (χ3v) is 3.33. The first-order chi connectivity index (χ1) is 7.63. The molecule has 0 saturated heterocycles. The Morgan fingerprint density at radius 3 is 2.81 bits per heavy atom. The highest BCUT2D eigenvalue weighted by Gasteiger charge is 2.14. The summed E-state index contributed by atoms with van der Waals surface area (Å²) >= 11 is 6.61. The molecule has 16 heavy (non-hydrogen) atoms. The summed E-state index contributed by atoms with van der Waals surface area (Å²) in [6.45, 7) is 0. The van der Waals surface area contributed by atoms with E-state index in [2.05, 4.69) is 46.6 Å². The third-order valence-electron chi connectivity index (χ3n) is 2.04. The van der Waals surface area contributed by atoms with Gasteiger partial charge in [-0.25, -0.2) is 14.8 Å². The number of esters is 1. The number of nitrogens with zero attached hydrogens (tertiary/aromatic N) is 2. The van der Waals surface area contributed by atoms with Gasteiger partial charge in [-0.05, 0) is 44.0 Å². The van der Waals surface area contributed by atoms with E-state index in [0.717, 1.165) is 5.39 Å². The number of carbonyl (C=O) groups excluding carboxylic acids is 1. The number of rotatable bonds is 1. The first-order valence-corrected chi connectivity index (χ1v) is 5.91. The zero-order valence-electron chi connectivity index (χ0n) is 8.20. The summed E-state index contributed by atoms with van der Waals surface area (Å²) in [6.07, 6.45) is 1.44. The van der Waals surface area contributed by atoms with Gasteiger partial charge in [0.1, 0.15) is 4.60 Å². The van der Waals surface area contributed by atoms with E-state index in [1.165, 1.54) is 13.3 Å². The highest BCUT2D eigenvalue weighted by Crippen LogP contribution is 2.26. The van der Waals surface area contributed by atoms with Crippen molar-refractivity contribution in [2.45, 2.75) is 0 Å². The van der Waals surface area contributed by atoms with Crippen molar-refractivity contribution in [2.75, 3.05) is 7.11 Å². The zero-order chi connectivity index (χ0) is 11.7. The minimum Gasteiger partial charge on any atom is -0.465 e. The van der Waals surface area contributed by atoms with Gasteiger partial charge in [0, 0.05) is 16.1 Å². The number of ether oxygens (including phenoxy) is 1. The molecule has 4 nitrogen and oxygen atoms in total. The van der Waals surface area contributed by atoms with Gasteiger partial charge in [0.2, 0.25) is 0 Å². The maximum Gasteiger partial charge on any atom is 0.340 e. The smallest absolute Gasteiger partial charge is 0.340 e. The van der Waals surface area contributed by atoms with Crippen molar-refractivity contribution in [3.05, 3.63) is 33.0 Å². The van der Waals surface area contributed by atoms with Crippen LogP contribution in [0.25, 0.3) is 11.0 Å². The van der Waals surface area contributed by atoms with Crippen LogP contribution < -0.4 is 0 Å². The van der Waals surface area contributed by atoms with Crippen molar-refractivity contribution < 1.29 is 9.53 Å². The quantitative estimate of drug-likeness (QED) is 0.589. The fourth-order valence-corrected chi connectivity index (χ4v) is 2.15. The molecule has 6 heteroatoms. The predicted molar refractivity (Wildman–Crippen MR) is 66.3 cm³/mol. The largest absolute Gasteiger partial charge is 0.465 e. The van der Waals surface area contributed by atoms with E-state index < -0.39 is 5.97 Å². The van der Waals surface area contributed by atoms with Crippen LogP contribution in [0.3, 0.4) is 0 Å². The number of hydrogen-bond donors (Lipinski definition) is 0. The molecule has 0 bridgehead atoms. The van der Waals surface area contributed by atoms with Crippen molar-refractivity contribution >= 4 is 48.9 Å². The molecule has 0 aliphatic rings. The number of aromatic nitrogens is 2. The number of halogens is 2. The molecular weight excluding hydrogens is 340 g/mol. The number of carbonyl (C=O) groups is 1. The minimum atomic E-state index is -0.427. The van der Waals surface area contributed by atoms with Gasteiger partial charge in [-0.15, -0.1) is 0 Å². The molecule has 0 N–H and O–H groups in total. The molecule has 0 aliphatic heterocycles. The first-order valence-electron chi connectivity index (χ1n) is 4.32. The second-order valence-electron chi connectivity index (χ2n) is 2.98. The minimum absolute atomic E-state index is 0.388. The maximum atomic E-state index is 11.4. The molecule has 0 saturated carbocycles. The summed E-state index contributed by atoms with van der Waals surface area (Å²) in [6, 6.07) is 3.62. The van der Waals surface area contributed by atoms with Crippen LogP contribution in [0.4, 0.5) is 0 Å². The lowest BCUT2D eigenvalue weighted by Crippen LogP contribution is -2.03. The Morgan fingerprint density at radius 2 is 2.12 bits per heavy atom. The summed E-state index contributed by atoms with van der Waals surface area (Å²) in [7, 11) is 1.33. The Balaban J connectivity index is 2.70. The van der Waals surface area contributed by atoms with Crippen molar-refractivity contribution in [3.63, 3.8) is 0 Å². The molecule has 0 amide bonds. The van der Waals surface area contributed by atoms with Gasteiger partial charge in [0.15, 0.2) is 5.65 Å². The van der Waals surface area contributed by atoms with Crippen LogP contribution in [-0.4, -0.2) is 23.0 Å². The Morgan fingerprint density at radius 1 is 1.38 bits per heavy atom. The Hall–Kier alpha value is -1.01. The summed E-state index contributed by atoms with van der Waals surface area (Å²) in [4.78, 5) is 19.7. The highest BCUT2D eigenvalue weighted by molar-refractivity contribution is 9.11. The fourth-order valence-electron chi connectivity index (χ4n) is 1.27. The van der Waals surface area contributed by atoms with Crippen molar-refractivity contribution in [1.29, 1.82) is 0 Å². The lowest BCUT2D eigenvalue weighted by atomic mass is 10.2. The van der Waals surface area contributed by atoms with Gasteiger partial charge < -0.3 is 4.74 Å². The number of methoxy groups -OCH3 is 1. The Kier molecular flexibility index (Phi) is 3.20. The van der Waals surface area contributed by atoms with Gasteiger partial charge in [-0.3, -0.25) is 0 Å². The van der Waals surface area contributed by atoms with Crippen molar-refractivity contribution in [3.8, 4) is 0 Å². The monoisotopic (exact) mass is 344 g/mol. The summed E-state index contributed by atoms with van der Waals surface area (Å²) in [5.74, 6) is -0.427. The van der Waals surface area contributed by atoms with Crippen LogP contribution in [0.2, 0.25) is 0 Å². The molecule has 0 spiro atoms. The van der Waals surface area contributed by atoms with Crippen molar-refractivity contribution in [2.24, 2.45) is 0 Å². The average Bonchev–Trinajstić information content (AvgIpc) is 2.28. The molecule has 82 valence electrons. The lowest BCUT2D eigenvalue weighted by molar-refractivity contribution is 0.0599. The van der Waals surface area contributed by atoms with Gasteiger partial charge in [-0.2, -0.15) is 0 Å². The van der Waals surface area contributed by atoms with Crippen molar-refractivity contribution in [1.82, 2.24) is 9.97 Å². The van der Waals surface area contributed by atoms with Crippen LogP contribution >= 0.6 is 31.9 Å². The highest BCUT2D eigenvalue weighted by atomic mass is 79.9. The van der Waals surface area contributed by atoms with Crippen LogP contribution in [-0.2, 0) is 4.74 Å². The molecule has 0 atom stereocenters. The van der Waals surface area contributed by atoms with Crippen LogP contribution in [0, 0.1) is 0 Å². The summed E-state index contributed by atoms with van der Waals surface area (Å²) < 4.78 is 5.99. The van der Waals surface area contributed by atoms with E-state index in [1.54, 1.807) is 6.07 Å². The normalized spacial score (nSPS) is 10.4. The van der Waals surface area contributed by atoms with E-state index in [-0.39, 0.29) is 0 Å². The molecule has 0 radical (unpaired) electrons. The molecule has 0 unspecified atom stereocenters. The van der Waals surface area contributed by atoms with Gasteiger partial charge in [-0.1, -0.05) is 0 Å². The average molecular weight is 346 g/mol. The number of fused-ring (bicyclic) bond motifs is 1. The second-order valence-corrected chi connectivity index (χ2v) is 4.59. The van der Waals surface area contributed by atoms with E-state index >= 15 is 0 Å².